The minimum absolute atomic E-state index is 0.317. The van der Waals surface area contributed by atoms with Gasteiger partial charge in [-0.2, -0.15) is 0 Å². The van der Waals surface area contributed by atoms with E-state index in [1.807, 2.05) is 32.0 Å². The van der Waals surface area contributed by atoms with E-state index in [1.54, 1.807) is 24.3 Å². The molecule has 2 atom stereocenters. The Labute approximate surface area is 236 Å². The van der Waals surface area contributed by atoms with Gasteiger partial charge in [0.1, 0.15) is 10.8 Å². The third kappa shape index (κ3) is 5.56. The van der Waals surface area contributed by atoms with Gasteiger partial charge in [0.2, 0.25) is 0 Å². The fourth-order valence-corrected chi connectivity index (χ4v) is 6.26. The summed E-state index contributed by atoms with van der Waals surface area (Å²) < 4.78 is 10.5. The number of aromatic amines is 1. The smallest absolute Gasteiger partial charge is 0.341 e. The number of nitrogens with one attached hydrogen (secondary N) is 2. The van der Waals surface area contributed by atoms with Crippen LogP contribution in [-0.2, 0) is 27.1 Å². The van der Waals surface area contributed by atoms with Crippen molar-refractivity contribution in [2.75, 3.05) is 12.4 Å². The lowest BCUT2D eigenvalue weighted by atomic mass is 9.83. The fraction of sp³-hybridized carbons (Fsp3) is 0.290. The number of esters is 2. The van der Waals surface area contributed by atoms with Gasteiger partial charge < -0.3 is 19.8 Å². The van der Waals surface area contributed by atoms with Crippen LogP contribution in [0.5, 0.6) is 0 Å². The molecule has 206 valence electrons. The summed E-state index contributed by atoms with van der Waals surface area (Å²) in [6, 6.07) is 17.1. The van der Waals surface area contributed by atoms with Crippen LogP contribution < -0.4 is 5.32 Å². The highest BCUT2D eigenvalue weighted by molar-refractivity contribution is 7.17. The third-order valence-electron chi connectivity index (χ3n) is 7.34. The number of nitrogens with zero attached hydrogens (tertiary/aromatic N) is 1. The molecule has 2 aromatic carbocycles. The highest BCUT2D eigenvalue weighted by Gasteiger charge is 2.31. The summed E-state index contributed by atoms with van der Waals surface area (Å²) in [6.07, 6.45) is 1.31. The summed E-state index contributed by atoms with van der Waals surface area (Å²) in [6.45, 7) is 5.38. The van der Waals surface area contributed by atoms with Crippen LogP contribution in [0.25, 0.3) is 11.4 Å². The van der Waals surface area contributed by atoms with Crippen LogP contribution in [0.4, 0.5) is 5.00 Å². The highest BCUT2D eigenvalue weighted by atomic mass is 32.1. The summed E-state index contributed by atoms with van der Waals surface area (Å²) in [5.41, 5.74) is 5.62. The fourth-order valence-electron chi connectivity index (χ4n) is 4.95. The number of thiophene rings is 1. The lowest BCUT2D eigenvalue weighted by Gasteiger charge is -2.22. The van der Waals surface area contributed by atoms with E-state index in [1.165, 1.54) is 30.9 Å². The minimum Gasteiger partial charge on any atom is -0.465 e. The van der Waals surface area contributed by atoms with E-state index in [4.69, 9.17) is 9.47 Å². The van der Waals surface area contributed by atoms with Crippen molar-refractivity contribution in [3.05, 3.63) is 93.1 Å². The van der Waals surface area contributed by atoms with Crippen molar-refractivity contribution < 1.29 is 23.9 Å². The number of aromatic nitrogens is 2. The lowest BCUT2D eigenvalue weighted by molar-refractivity contribution is -0.123. The molecule has 4 aromatic rings. The van der Waals surface area contributed by atoms with Gasteiger partial charge in [-0.3, -0.25) is 4.79 Å². The maximum Gasteiger partial charge on any atom is 0.341 e. The van der Waals surface area contributed by atoms with Crippen LogP contribution in [-0.4, -0.2) is 41.0 Å². The van der Waals surface area contributed by atoms with E-state index < -0.39 is 23.9 Å². The number of anilines is 1. The number of benzene rings is 2. The average molecular weight is 558 g/mol. The second kappa shape index (κ2) is 11.5. The number of carbonyl (C=O) groups excluding carboxylic acids is 3. The number of carbonyl (C=O) groups is 3. The van der Waals surface area contributed by atoms with Crippen LogP contribution in [0, 0.1) is 13.8 Å². The van der Waals surface area contributed by atoms with Gasteiger partial charge in [-0.05, 0) is 69.2 Å². The van der Waals surface area contributed by atoms with Gasteiger partial charge in [-0.1, -0.05) is 42.5 Å². The predicted molar refractivity (Wildman–Crippen MR) is 154 cm³/mol. The molecular weight excluding hydrogens is 526 g/mol. The molecule has 1 amide bonds. The second-order valence-electron chi connectivity index (χ2n) is 9.96. The van der Waals surface area contributed by atoms with E-state index >= 15 is 0 Å². The zero-order valence-electron chi connectivity index (χ0n) is 22.9. The Morgan fingerprint density at radius 2 is 1.77 bits per heavy atom. The molecule has 9 heteroatoms. The van der Waals surface area contributed by atoms with Crippen LogP contribution >= 0.6 is 11.3 Å². The molecule has 2 heterocycles. The van der Waals surface area contributed by atoms with Crippen LogP contribution in [0.15, 0.2) is 54.6 Å². The van der Waals surface area contributed by atoms with Crippen LogP contribution in [0.1, 0.15) is 67.4 Å². The molecule has 8 nitrogen and oxygen atoms in total. The summed E-state index contributed by atoms with van der Waals surface area (Å²) in [4.78, 5) is 47.3. The Kier molecular flexibility index (Phi) is 7.84. The van der Waals surface area contributed by atoms with Crippen molar-refractivity contribution in [2.45, 2.75) is 52.1 Å². The molecule has 0 saturated carbocycles. The Morgan fingerprint density at radius 1 is 1.05 bits per heavy atom. The third-order valence-corrected chi connectivity index (χ3v) is 8.51. The van der Waals surface area contributed by atoms with Gasteiger partial charge in [0, 0.05) is 16.1 Å². The maximum atomic E-state index is 13.1. The minimum atomic E-state index is -1.08. The molecular formula is C31H31N3O5S. The van der Waals surface area contributed by atoms with Crippen molar-refractivity contribution in [2.24, 2.45) is 0 Å². The Morgan fingerprint density at radius 3 is 2.42 bits per heavy atom. The number of aryl methyl sites for hydroxylation is 2. The monoisotopic (exact) mass is 557 g/mol. The molecule has 1 aliphatic rings. The number of methoxy groups -OCH3 is 1. The summed E-state index contributed by atoms with van der Waals surface area (Å²) in [5.74, 6) is -0.566. The number of fused-ring (bicyclic) bond motifs is 1. The molecule has 0 bridgehead atoms. The Hall–Kier alpha value is -4.24. The predicted octanol–water partition coefficient (Wildman–Crippen LogP) is 6.00. The van der Waals surface area contributed by atoms with Gasteiger partial charge in [0.05, 0.1) is 23.9 Å². The maximum absolute atomic E-state index is 13.1. The normalized spacial score (nSPS) is 15.2. The highest BCUT2D eigenvalue weighted by Crippen LogP contribution is 2.42. The Balaban J connectivity index is 1.27. The van der Waals surface area contributed by atoms with Gasteiger partial charge in [0.25, 0.3) is 5.91 Å². The summed E-state index contributed by atoms with van der Waals surface area (Å²) in [5, 5.41) is 3.24. The van der Waals surface area contributed by atoms with Crippen molar-refractivity contribution in [1.82, 2.24) is 9.97 Å². The van der Waals surface area contributed by atoms with E-state index in [9.17, 15) is 14.4 Å². The van der Waals surface area contributed by atoms with E-state index in [0.29, 0.717) is 28.5 Å². The molecule has 2 aromatic heterocycles. The number of hydrogen-bond donors (Lipinski definition) is 2. The topological polar surface area (TPSA) is 110 Å². The zero-order chi connectivity index (χ0) is 28.4. The molecule has 0 radical (unpaired) electrons. The van der Waals surface area contributed by atoms with Crippen molar-refractivity contribution in [1.29, 1.82) is 0 Å². The standard InChI is InChI=1S/C31H31N3O5S/c1-17-18(2)33-27(32-17)21-10-12-22(13-11-21)30(36)39-19(3)28(35)34-29-26(31(37)38-4)24-15-14-23(16-25(24)40-29)20-8-6-5-7-9-20/h5-13,19,23H,14-16H2,1-4H3,(H,32,33)(H,34,35). The molecule has 5 rings (SSSR count). The quantitative estimate of drug-likeness (QED) is 0.270. The molecule has 2 unspecified atom stereocenters. The molecule has 0 spiro atoms. The van der Waals surface area contributed by atoms with Gasteiger partial charge in [-0.25, -0.2) is 14.6 Å². The number of amides is 1. The number of rotatable bonds is 7. The largest absolute Gasteiger partial charge is 0.465 e. The van der Waals surface area contributed by atoms with Crippen molar-refractivity contribution in [3.8, 4) is 11.4 Å². The van der Waals surface area contributed by atoms with Crippen molar-refractivity contribution >= 4 is 34.2 Å². The Bertz CT molecular complexity index is 1540. The first-order valence-corrected chi connectivity index (χ1v) is 14.0. The molecule has 1 aliphatic carbocycles. The van der Waals surface area contributed by atoms with E-state index in [2.05, 4.69) is 27.4 Å². The summed E-state index contributed by atoms with van der Waals surface area (Å²) in [7, 11) is 1.33. The average Bonchev–Trinajstić information content (AvgIpc) is 3.50. The SMILES string of the molecule is COC(=O)c1c(NC(=O)C(C)OC(=O)c2ccc(-c3nc(C)c(C)[nH]3)cc2)sc2c1CCC(c1ccccc1)C2. The van der Waals surface area contributed by atoms with Crippen LogP contribution in [0.3, 0.4) is 0 Å². The summed E-state index contributed by atoms with van der Waals surface area (Å²) >= 11 is 1.39. The first-order chi connectivity index (χ1) is 19.2. The van der Waals surface area contributed by atoms with Gasteiger partial charge in [-0.15, -0.1) is 11.3 Å². The van der Waals surface area contributed by atoms with Crippen molar-refractivity contribution in [3.63, 3.8) is 0 Å². The number of imidazole rings is 1. The zero-order valence-corrected chi connectivity index (χ0v) is 23.7. The number of H-pyrrole nitrogens is 1. The van der Waals surface area contributed by atoms with Gasteiger partial charge >= 0.3 is 11.9 Å². The van der Waals surface area contributed by atoms with E-state index in [0.717, 1.165) is 46.1 Å². The molecule has 0 fully saturated rings. The molecule has 0 saturated heterocycles. The molecule has 2 N–H and O–H groups in total. The number of ether oxygens (including phenoxy) is 2. The lowest BCUT2D eigenvalue weighted by Crippen LogP contribution is -2.30. The van der Waals surface area contributed by atoms with Gasteiger partial charge in [0.15, 0.2) is 6.10 Å². The second-order valence-corrected chi connectivity index (χ2v) is 11.1. The molecule has 40 heavy (non-hydrogen) atoms. The van der Waals surface area contributed by atoms with E-state index in [-0.39, 0.29) is 0 Å². The number of hydrogen-bond acceptors (Lipinski definition) is 7. The molecule has 0 aliphatic heterocycles. The first kappa shape index (κ1) is 27.3. The van der Waals surface area contributed by atoms with Crippen LogP contribution in [0.2, 0.25) is 0 Å². The first-order valence-electron chi connectivity index (χ1n) is 13.2.